The Morgan fingerprint density at radius 2 is 1.58 bits per heavy atom. The monoisotopic (exact) mass is 204 g/mol. The third-order valence-electron chi connectivity index (χ3n) is 2.58. The third kappa shape index (κ3) is 3.58. The fraction of sp³-hybridized carbons (Fsp3) is 1.00. The Morgan fingerprint density at radius 3 is 2.00 bits per heavy atom. The van der Waals surface area contributed by atoms with Crippen LogP contribution in [0.1, 0.15) is 39.5 Å². The minimum Gasteiger partial charge on any atom is -0.0975 e. The minimum atomic E-state index is -0.880. The van der Waals surface area contributed by atoms with E-state index in [0.717, 1.165) is 5.92 Å². The van der Waals surface area contributed by atoms with Gasteiger partial charge in [0.25, 0.3) is 0 Å². The maximum absolute atomic E-state index is 5.83. The fourth-order valence-corrected chi connectivity index (χ4v) is 7.30. The van der Waals surface area contributed by atoms with E-state index in [4.69, 9.17) is 11.8 Å². The Balaban J connectivity index is 2.49. The van der Waals surface area contributed by atoms with Gasteiger partial charge in [0.15, 0.2) is 0 Å². The van der Waals surface area contributed by atoms with E-state index in [1.54, 1.807) is 0 Å². The zero-order valence-electron chi connectivity index (χ0n) is 8.38. The highest BCUT2D eigenvalue weighted by Gasteiger charge is 2.19. The Kier molecular flexibility index (Phi) is 4.26. The van der Waals surface area contributed by atoms with Crippen molar-refractivity contribution in [3.8, 4) is 0 Å². The van der Waals surface area contributed by atoms with Crippen LogP contribution in [0, 0.1) is 5.92 Å². The molecule has 1 aliphatic heterocycles. The summed E-state index contributed by atoms with van der Waals surface area (Å²) in [6, 6.07) is -0.880. The molecule has 1 saturated heterocycles. The molecular formula is C10H21PS. The van der Waals surface area contributed by atoms with Crippen molar-refractivity contribution in [2.24, 2.45) is 5.92 Å². The zero-order chi connectivity index (χ0) is 9.03. The molecule has 1 fully saturated rings. The lowest BCUT2D eigenvalue weighted by Crippen LogP contribution is -2.03. The molecule has 0 amide bonds. The van der Waals surface area contributed by atoms with E-state index in [0.29, 0.717) is 0 Å². The predicted octanol–water partition coefficient (Wildman–Crippen LogP) is 3.70. The molecule has 0 aromatic heterocycles. The highest BCUT2D eigenvalue weighted by Crippen LogP contribution is 2.50. The predicted molar refractivity (Wildman–Crippen MR) is 62.2 cm³/mol. The van der Waals surface area contributed by atoms with Crippen LogP contribution in [0.25, 0.3) is 0 Å². The summed E-state index contributed by atoms with van der Waals surface area (Å²) in [4.78, 5) is 0. The first-order chi connectivity index (χ1) is 5.62. The Hall–Kier alpha value is 0.650. The van der Waals surface area contributed by atoms with E-state index in [2.05, 4.69) is 13.8 Å². The van der Waals surface area contributed by atoms with Gasteiger partial charge in [-0.3, -0.25) is 0 Å². The molecule has 0 aromatic rings. The molecule has 72 valence electrons. The van der Waals surface area contributed by atoms with Crippen molar-refractivity contribution < 1.29 is 0 Å². The molecule has 0 aliphatic carbocycles. The van der Waals surface area contributed by atoms with Crippen molar-refractivity contribution >= 4 is 17.8 Å². The summed E-state index contributed by atoms with van der Waals surface area (Å²) in [5, 5.41) is 0. The van der Waals surface area contributed by atoms with Crippen LogP contribution >= 0.6 is 6.04 Å². The standard InChI is InChI=1S/C10H21PS/c1-10(2)9-11(12)7-5-3-4-6-8-11/h10H,3-9H2,1-2H3. The molecule has 0 spiro atoms. The quantitative estimate of drug-likeness (QED) is 0.618. The van der Waals surface area contributed by atoms with Crippen LogP contribution in [-0.4, -0.2) is 18.5 Å². The normalized spacial score (nSPS) is 23.9. The Labute approximate surface area is 82.1 Å². The van der Waals surface area contributed by atoms with Gasteiger partial charge in [0.1, 0.15) is 0 Å². The number of hydrogen-bond donors (Lipinski definition) is 0. The van der Waals surface area contributed by atoms with Crippen molar-refractivity contribution in [1.29, 1.82) is 0 Å². The maximum Gasteiger partial charge on any atom is -0.0211 e. The van der Waals surface area contributed by atoms with Crippen molar-refractivity contribution in [1.82, 2.24) is 0 Å². The van der Waals surface area contributed by atoms with Gasteiger partial charge >= 0.3 is 0 Å². The molecule has 0 aromatic carbocycles. The van der Waals surface area contributed by atoms with Crippen LogP contribution in [0.15, 0.2) is 0 Å². The summed E-state index contributed by atoms with van der Waals surface area (Å²) in [5.41, 5.74) is 0. The molecule has 12 heavy (non-hydrogen) atoms. The minimum absolute atomic E-state index is 0.828. The van der Waals surface area contributed by atoms with E-state index >= 15 is 0 Å². The van der Waals surface area contributed by atoms with Crippen LogP contribution in [0.3, 0.4) is 0 Å². The smallest absolute Gasteiger partial charge is 0.0211 e. The van der Waals surface area contributed by atoms with Gasteiger partial charge in [0, 0.05) is 0 Å². The summed E-state index contributed by atoms with van der Waals surface area (Å²) >= 11 is 5.83. The summed E-state index contributed by atoms with van der Waals surface area (Å²) in [6.45, 7) is 4.64. The molecule has 2 heteroatoms. The fourth-order valence-electron chi connectivity index (χ4n) is 2.11. The van der Waals surface area contributed by atoms with Crippen LogP contribution in [0.5, 0.6) is 0 Å². The van der Waals surface area contributed by atoms with E-state index in [1.165, 1.54) is 44.2 Å². The maximum atomic E-state index is 5.83. The molecule has 1 aliphatic rings. The number of rotatable bonds is 2. The summed E-state index contributed by atoms with van der Waals surface area (Å²) in [7, 11) is 0. The first-order valence-corrected chi connectivity index (χ1v) is 8.55. The van der Waals surface area contributed by atoms with E-state index in [-0.39, 0.29) is 0 Å². The van der Waals surface area contributed by atoms with Crippen molar-refractivity contribution in [3.63, 3.8) is 0 Å². The average molecular weight is 204 g/mol. The van der Waals surface area contributed by atoms with Crippen LogP contribution in [-0.2, 0) is 11.8 Å². The molecule has 0 radical (unpaired) electrons. The summed E-state index contributed by atoms with van der Waals surface area (Å²) in [6.07, 6.45) is 9.89. The van der Waals surface area contributed by atoms with Gasteiger partial charge in [-0.25, -0.2) is 0 Å². The van der Waals surface area contributed by atoms with Crippen LogP contribution in [0.2, 0.25) is 0 Å². The summed E-state index contributed by atoms with van der Waals surface area (Å²) < 4.78 is 0. The lowest BCUT2D eigenvalue weighted by Gasteiger charge is -2.21. The molecule has 0 N–H and O–H groups in total. The van der Waals surface area contributed by atoms with Gasteiger partial charge in [-0.05, 0) is 43.3 Å². The average Bonchev–Trinajstić information content (AvgIpc) is 2.12. The van der Waals surface area contributed by atoms with Gasteiger partial charge in [0.05, 0.1) is 0 Å². The van der Waals surface area contributed by atoms with Gasteiger partial charge in [-0.15, -0.1) is 0 Å². The molecule has 1 rings (SSSR count). The van der Waals surface area contributed by atoms with Gasteiger partial charge in [0.2, 0.25) is 0 Å². The lowest BCUT2D eigenvalue weighted by molar-refractivity contribution is 0.726. The van der Waals surface area contributed by atoms with Crippen molar-refractivity contribution in [2.45, 2.75) is 39.5 Å². The third-order valence-corrected chi connectivity index (χ3v) is 7.78. The molecule has 0 nitrogen and oxygen atoms in total. The Bertz CT molecular complexity index is 163. The molecule has 0 unspecified atom stereocenters. The first-order valence-electron chi connectivity index (χ1n) is 5.19. The van der Waals surface area contributed by atoms with Crippen LogP contribution < -0.4 is 0 Å². The van der Waals surface area contributed by atoms with E-state index in [9.17, 15) is 0 Å². The second-order valence-corrected chi connectivity index (χ2v) is 10.2. The van der Waals surface area contributed by atoms with Gasteiger partial charge in [-0.2, -0.15) is 0 Å². The second kappa shape index (κ2) is 4.77. The van der Waals surface area contributed by atoms with Gasteiger partial charge < -0.3 is 0 Å². The number of hydrogen-bond acceptors (Lipinski definition) is 1. The topological polar surface area (TPSA) is 0 Å². The first kappa shape index (κ1) is 10.7. The molecule has 0 atom stereocenters. The molecular weight excluding hydrogens is 183 g/mol. The molecule has 0 bridgehead atoms. The second-order valence-electron chi connectivity index (χ2n) is 4.50. The lowest BCUT2D eigenvalue weighted by atomic mass is 10.2. The Morgan fingerprint density at radius 1 is 1.08 bits per heavy atom. The summed E-state index contributed by atoms with van der Waals surface area (Å²) in [5.74, 6) is 0.828. The van der Waals surface area contributed by atoms with Crippen molar-refractivity contribution in [2.75, 3.05) is 18.5 Å². The highest BCUT2D eigenvalue weighted by molar-refractivity contribution is 8.14. The van der Waals surface area contributed by atoms with E-state index in [1.807, 2.05) is 0 Å². The van der Waals surface area contributed by atoms with Gasteiger partial charge in [-0.1, -0.05) is 38.5 Å². The molecule has 0 saturated carbocycles. The van der Waals surface area contributed by atoms with Crippen LogP contribution in [0.4, 0.5) is 0 Å². The van der Waals surface area contributed by atoms with E-state index < -0.39 is 6.04 Å². The van der Waals surface area contributed by atoms with Crippen molar-refractivity contribution in [3.05, 3.63) is 0 Å². The zero-order valence-corrected chi connectivity index (χ0v) is 10.1. The SMILES string of the molecule is CC(C)CP1(=S)CCCCCC1. The largest absolute Gasteiger partial charge is 0.0975 e. The highest BCUT2D eigenvalue weighted by atomic mass is 32.4. The molecule has 1 heterocycles.